The first-order chi connectivity index (χ1) is 12.4. The van der Waals surface area contributed by atoms with Gasteiger partial charge < -0.3 is 10.1 Å². The molecule has 0 unspecified atom stereocenters. The first kappa shape index (κ1) is 20.5. The van der Waals surface area contributed by atoms with Crippen molar-refractivity contribution >= 4 is 52.1 Å². The summed E-state index contributed by atoms with van der Waals surface area (Å²) in [5.74, 6) is 0.384. The molecule has 0 spiro atoms. The summed E-state index contributed by atoms with van der Waals surface area (Å²) in [6, 6.07) is 12.7. The highest BCUT2D eigenvalue weighted by atomic mass is 35.5. The molecule has 0 aliphatic carbocycles. The minimum absolute atomic E-state index is 0.212. The third-order valence-electron chi connectivity index (χ3n) is 3.86. The number of rotatable bonds is 6. The highest BCUT2D eigenvalue weighted by Crippen LogP contribution is 2.28. The molecular weight excluding hydrogens is 391 g/mol. The number of para-hydroxylation sites is 1. The molecule has 0 saturated carbocycles. The highest BCUT2D eigenvalue weighted by molar-refractivity contribution is 7.80. The smallest absolute Gasteiger partial charge is 0.264 e. The molecule has 2 aromatic carbocycles. The Morgan fingerprint density at radius 2 is 1.96 bits per heavy atom. The molecule has 2 rings (SSSR count). The zero-order valence-corrected chi connectivity index (χ0v) is 16.8. The van der Waals surface area contributed by atoms with Crippen LogP contribution < -0.4 is 15.4 Å². The number of carbonyl (C=O) groups is 1. The molecule has 0 heterocycles. The van der Waals surface area contributed by atoms with Gasteiger partial charge >= 0.3 is 0 Å². The molecule has 26 heavy (non-hydrogen) atoms. The van der Waals surface area contributed by atoms with Gasteiger partial charge in [0.25, 0.3) is 5.91 Å². The lowest BCUT2D eigenvalue weighted by Gasteiger charge is -2.17. The third kappa shape index (κ3) is 5.87. The van der Waals surface area contributed by atoms with Crippen molar-refractivity contribution in [3.8, 4) is 5.75 Å². The van der Waals surface area contributed by atoms with E-state index < -0.39 is 0 Å². The molecule has 0 bridgehead atoms. The first-order valence-corrected chi connectivity index (χ1v) is 9.34. The van der Waals surface area contributed by atoms with Gasteiger partial charge in [0.2, 0.25) is 0 Å². The van der Waals surface area contributed by atoms with Crippen LogP contribution in [0.15, 0.2) is 42.5 Å². The number of halogens is 2. The molecule has 4 nitrogen and oxygen atoms in total. The van der Waals surface area contributed by atoms with Crippen LogP contribution in [0.2, 0.25) is 10.0 Å². The van der Waals surface area contributed by atoms with Crippen molar-refractivity contribution in [3.05, 3.63) is 58.1 Å². The van der Waals surface area contributed by atoms with E-state index in [0.29, 0.717) is 21.7 Å². The molecule has 0 aliphatic heterocycles. The standard InChI is InChI=1S/C19H20Cl2N2O2S/c1-3-12(2)14-6-4-5-7-16(14)22-19(26)23-18(24)11-25-17-9-8-13(20)10-15(17)21/h4-10,12H,3,11H2,1-2H3,(H2,22,23,24,26)/t12-/m1/s1. The van der Waals surface area contributed by atoms with Crippen molar-refractivity contribution in [2.75, 3.05) is 11.9 Å². The number of carbonyl (C=O) groups excluding carboxylic acids is 1. The maximum atomic E-state index is 12.0. The molecule has 0 aliphatic rings. The Kier molecular flexibility index (Phi) is 7.69. The Hall–Kier alpha value is -1.82. The number of benzene rings is 2. The third-order valence-corrected chi connectivity index (χ3v) is 4.59. The minimum atomic E-state index is -0.380. The summed E-state index contributed by atoms with van der Waals surface area (Å²) in [5.41, 5.74) is 2.03. The molecular formula is C19H20Cl2N2O2S. The van der Waals surface area contributed by atoms with Crippen LogP contribution in [0.3, 0.4) is 0 Å². The van der Waals surface area contributed by atoms with Crippen molar-refractivity contribution in [1.82, 2.24) is 5.32 Å². The van der Waals surface area contributed by atoms with E-state index in [2.05, 4.69) is 24.5 Å². The molecule has 0 radical (unpaired) electrons. The predicted octanol–water partition coefficient (Wildman–Crippen LogP) is 5.40. The fourth-order valence-electron chi connectivity index (χ4n) is 2.31. The number of hydrogen-bond acceptors (Lipinski definition) is 3. The van der Waals surface area contributed by atoms with Gasteiger partial charge in [0, 0.05) is 10.7 Å². The minimum Gasteiger partial charge on any atom is -0.482 e. The molecule has 0 saturated heterocycles. The van der Waals surface area contributed by atoms with Crippen molar-refractivity contribution < 1.29 is 9.53 Å². The number of anilines is 1. The van der Waals surface area contributed by atoms with Gasteiger partial charge in [0.15, 0.2) is 11.7 Å². The second kappa shape index (κ2) is 9.76. The SMILES string of the molecule is CC[C@@H](C)c1ccccc1NC(=S)NC(=O)COc1ccc(Cl)cc1Cl. The highest BCUT2D eigenvalue weighted by Gasteiger charge is 2.12. The van der Waals surface area contributed by atoms with E-state index in [1.165, 1.54) is 0 Å². The van der Waals surface area contributed by atoms with Gasteiger partial charge in [-0.25, -0.2) is 0 Å². The van der Waals surface area contributed by atoms with E-state index in [9.17, 15) is 4.79 Å². The van der Waals surface area contributed by atoms with E-state index in [1.54, 1.807) is 18.2 Å². The molecule has 1 amide bonds. The van der Waals surface area contributed by atoms with Crippen LogP contribution >= 0.6 is 35.4 Å². The van der Waals surface area contributed by atoms with Crippen molar-refractivity contribution in [2.24, 2.45) is 0 Å². The zero-order valence-electron chi connectivity index (χ0n) is 14.5. The maximum Gasteiger partial charge on any atom is 0.264 e. The zero-order chi connectivity index (χ0) is 19.1. The quantitative estimate of drug-likeness (QED) is 0.625. The first-order valence-electron chi connectivity index (χ1n) is 8.18. The summed E-state index contributed by atoms with van der Waals surface area (Å²) in [4.78, 5) is 12.0. The lowest BCUT2D eigenvalue weighted by Crippen LogP contribution is -2.37. The van der Waals surface area contributed by atoms with E-state index in [1.807, 2.05) is 24.3 Å². The maximum absolute atomic E-state index is 12.0. The number of amides is 1. The summed E-state index contributed by atoms with van der Waals surface area (Å²) in [6.07, 6.45) is 1.01. The fraction of sp³-hybridized carbons (Fsp3) is 0.263. The van der Waals surface area contributed by atoms with E-state index in [0.717, 1.165) is 17.7 Å². The van der Waals surface area contributed by atoms with Crippen molar-refractivity contribution in [2.45, 2.75) is 26.2 Å². The Balaban J connectivity index is 1.91. The van der Waals surface area contributed by atoms with E-state index in [-0.39, 0.29) is 17.6 Å². The Morgan fingerprint density at radius 1 is 1.23 bits per heavy atom. The number of thiocarbonyl (C=S) groups is 1. The van der Waals surface area contributed by atoms with Crippen LogP contribution in [-0.2, 0) is 4.79 Å². The molecule has 2 N–H and O–H groups in total. The molecule has 0 fully saturated rings. The van der Waals surface area contributed by atoms with Gasteiger partial charge in [-0.3, -0.25) is 10.1 Å². The number of ether oxygens (including phenoxy) is 1. The topological polar surface area (TPSA) is 50.4 Å². The Bertz CT molecular complexity index is 799. The summed E-state index contributed by atoms with van der Waals surface area (Å²) >= 11 is 17.1. The molecule has 2 aromatic rings. The van der Waals surface area contributed by atoms with Crippen LogP contribution in [0.5, 0.6) is 5.75 Å². The van der Waals surface area contributed by atoms with Crippen molar-refractivity contribution in [1.29, 1.82) is 0 Å². The summed E-state index contributed by atoms with van der Waals surface area (Å²) in [7, 11) is 0. The molecule has 138 valence electrons. The summed E-state index contributed by atoms with van der Waals surface area (Å²) < 4.78 is 5.39. The fourth-order valence-corrected chi connectivity index (χ4v) is 3.00. The van der Waals surface area contributed by atoms with Crippen LogP contribution in [0.1, 0.15) is 31.7 Å². The lowest BCUT2D eigenvalue weighted by molar-refractivity contribution is -0.121. The molecule has 1 atom stereocenters. The van der Waals surface area contributed by atoms with Gasteiger partial charge in [-0.05, 0) is 54.4 Å². The summed E-state index contributed by atoms with van der Waals surface area (Å²) in [6.45, 7) is 4.06. The van der Waals surface area contributed by atoms with Gasteiger partial charge in [-0.15, -0.1) is 0 Å². The number of nitrogens with one attached hydrogen (secondary N) is 2. The van der Waals surface area contributed by atoms with E-state index >= 15 is 0 Å². The van der Waals surface area contributed by atoms with Gasteiger partial charge in [-0.1, -0.05) is 55.2 Å². The molecule has 7 heteroatoms. The largest absolute Gasteiger partial charge is 0.482 e. The van der Waals surface area contributed by atoms with Crippen LogP contribution in [0.25, 0.3) is 0 Å². The van der Waals surface area contributed by atoms with Gasteiger partial charge in [0.1, 0.15) is 5.75 Å². The van der Waals surface area contributed by atoms with Gasteiger partial charge in [-0.2, -0.15) is 0 Å². The second-order valence-corrected chi connectivity index (χ2v) is 7.01. The monoisotopic (exact) mass is 410 g/mol. The average molecular weight is 411 g/mol. The average Bonchev–Trinajstić information content (AvgIpc) is 2.60. The number of hydrogen-bond donors (Lipinski definition) is 2. The Morgan fingerprint density at radius 3 is 2.65 bits per heavy atom. The normalized spacial score (nSPS) is 11.5. The van der Waals surface area contributed by atoms with Crippen molar-refractivity contribution in [3.63, 3.8) is 0 Å². The van der Waals surface area contributed by atoms with Crippen LogP contribution in [-0.4, -0.2) is 17.6 Å². The molecule has 0 aromatic heterocycles. The van der Waals surface area contributed by atoms with Gasteiger partial charge in [0.05, 0.1) is 5.02 Å². The second-order valence-electron chi connectivity index (χ2n) is 5.76. The lowest BCUT2D eigenvalue weighted by atomic mass is 9.97. The Labute approximate surface area is 168 Å². The summed E-state index contributed by atoms with van der Waals surface area (Å²) in [5, 5.41) is 6.73. The predicted molar refractivity (Wildman–Crippen MR) is 111 cm³/mol. The van der Waals surface area contributed by atoms with Crippen LogP contribution in [0.4, 0.5) is 5.69 Å². The van der Waals surface area contributed by atoms with Crippen LogP contribution in [0, 0.1) is 0 Å². The van der Waals surface area contributed by atoms with E-state index in [4.69, 9.17) is 40.2 Å².